The van der Waals surface area contributed by atoms with Gasteiger partial charge in [0.25, 0.3) is 0 Å². The van der Waals surface area contributed by atoms with Crippen molar-refractivity contribution in [2.75, 3.05) is 0 Å². The molecule has 0 aliphatic carbocycles. The van der Waals surface area contributed by atoms with Crippen LogP contribution >= 0.6 is 0 Å². The van der Waals surface area contributed by atoms with Gasteiger partial charge in [0.2, 0.25) is 0 Å². The van der Waals surface area contributed by atoms with Crippen LogP contribution in [0.15, 0.2) is 91.0 Å². The van der Waals surface area contributed by atoms with Crippen LogP contribution in [0.2, 0.25) is 0 Å². The molecular weight excluding hydrogens is 444 g/mol. The number of benzene rings is 3. The Morgan fingerprint density at radius 3 is 1.89 bits per heavy atom. The summed E-state index contributed by atoms with van der Waals surface area (Å²) in [6.07, 6.45) is 6.96. The van der Waals surface area contributed by atoms with Crippen molar-refractivity contribution in [1.82, 2.24) is 9.55 Å². The van der Waals surface area contributed by atoms with Gasteiger partial charge in [-0.15, -0.1) is 0 Å². The standard InChI is InChI=1S/C32H36N2O2/c1-32(2,31(35)36)24-16-5-3-4-15-23-28-29(25-17-9-6-10-18-25)33-30(26-19-11-7-12-20-26)34(28)27-21-13-8-14-22-27/h6-14,17-22H,3-5,15-16,23-24H2,1-2H3,(H,35,36). The third-order valence-corrected chi connectivity index (χ3v) is 6.86. The Hall–Kier alpha value is -3.66. The summed E-state index contributed by atoms with van der Waals surface area (Å²) in [4.78, 5) is 16.5. The van der Waals surface area contributed by atoms with E-state index in [1.54, 1.807) is 0 Å². The summed E-state index contributed by atoms with van der Waals surface area (Å²) in [6.45, 7) is 3.63. The van der Waals surface area contributed by atoms with E-state index in [0.29, 0.717) is 0 Å². The predicted molar refractivity (Wildman–Crippen MR) is 147 cm³/mol. The van der Waals surface area contributed by atoms with Crippen LogP contribution in [-0.4, -0.2) is 20.6 Å². The van der Waals surface area contributed by atoms with Crippen LogP contribution in [-0.2, 0) is 11.2 Å². The highest BCUT2D eigenvalue weighted by Gasteiger charge is 2.26. The molecule has 0 unspecified atom stereocenters. The summed E-state index contributed by atoms with van der Waals surface area (Å²) >= 11 is 0. The lowest BCUT2D eigenvalue weighted by molar-refractivity contribution is -0.147. The van der Waals surface area contributed by atoms with Gasteiger partial charge in [-0.2, -0.15) is 0 Å². The zero-order chi connectivity index (χ0) is 25.4. The molecule has 0 aliphatic heterocycles. The van der Waals surface area contributed by atoms with Crippen molar-refractivity contribution in [1.29, 1.82) is 0 Å². The van der Waals surface area contributed by atoms with Gasteiger partial charge in [0.15, 0.2) is 0 Å². The number of carboxylic acids is 1. The first-order valence-electron chi connectivity index (χ1n) is 13.0. The normalized spacial score (nSPS) is 11.5. The minimum absolute atomic E-state index is 0.638. The average molecular weight is 481 g/mol. The topological polar surface area (TPSA) is 55.1 Å². The number of aliphatic carboxylic acids is 1. The van der Waals surface area contributed by atoms with Gasteiger partial charge in [0, 0.05) is 16.8 Å². The Bertz CT molecular complexity index is 1250. The Balaban J connectivity index is 1.58. The van der Waals surface area contributed by atoms with Gasteiger partial charge in [0.05, 0.1) is 16.8 Å². The fourth-order valence-electron chi connectivity index (χ4n) is 4.64. The lowest BCUT2D eigenvalue weighted by atomic mass is 9.87. The average Bonchev–Trinajstić information content (AvgIpc) is 3.29. The van der Waals surface area contributed by atoms with Crippen molar-refractivity contribution in [3.63, 3.8) is 0 Å². The number of imidazole rings is 1. The molecule has 1 N–H and O–H groups in total. The van der Waals surface area contributed by atoms with E-state index in [2.05, 4.69) is 77.4 Å². The van der Waals surface area contributed by atoms with Gasteiger partial charge in [-0.05, 0) is 45.2 Å². The van der Waals surface area contributed by atoms with E-state index in [1.165, 1.54) is 5.69 Å². The first-order valence-corrected chi connectivity index (χ1v) is 13.0. The monoisotopic (exact) mass is 480 g/mol. The van der Waals surface area contributed by atoms with Crippen molar-refractivity contribution >= 4 is 5.97 Å². The summed E-state index contributed by atoms with van der Waals surface area (Å²) in [6, 6.07) is 31.4. The number of hydrogen-bond acceptors (Lipinski definition) is 2. The van der Waals surface area contributed by atoms with Crippen LogP contribution in [0.3, 0.4) is 0 Å². The largest absolute Gasteiger partial charge is 0.481 e. The van der Waals surface area contributed by atoms with Crippen LogP contribution in [0.25, 0.3) is 28.3 Å². The summed E-state index contributed by atoms with van der Waals surface area (Å²) in [5, 5.41) is 9.32. The molecule has 4 aromatic rings. The van der Waals surface area contributed by atoms with E-state index < -0.39 is 11.4 Å². The molecule has 4 nitrogen and oxygen atoms in total. The van der Waals surface area contributed by atoms with Gasteiger partial charge in [0.1, 0.15) is 5.82 Å². The Kier molecular flexibility index (Phi) is 8.37. The number of aromatic nitrogens is 2. The molecule has 1 aromatic heterocycles. The molecule has 0 atom stereocenters. The van der Waals surface area contributed by atoms with E-state index in [1.807, 2.05) is 32.0 Å². The van der Waals surface area contributed by atoms with Crippen LogP contribution < -0.4 is 0 Å². The smallest absolute Gasteiger partial charge is 0.309 e. The van der Waals surface area contributed by atoms with Crippen molar-refractivity contribution in [3.05, 3.63) is 96.7 Å². The molecule has 0 fully saturated rings. The Labute approximate surface area is 214 Å². The molecule has 186 valence electrons. The first-order chi connectivity index (χ1) is 17.5. The molecule has 3 aromatic carbocycles. The summed E-state index contributed by atoms with van der Waals surface area (Å²) in [7, 11) is 0. The van der Waals surface area contributed by atoms with Crippen LogP contribution in [0.4, 0.5) is 0 Å². The highest BCUT2D eigenvalue weighted by atomic mass is 16.4. The number of para-hydroxylation sites is 1. The lowest BCUT2D eigenvalue weighted by Crippen LogP contribution is -2.23. The van der Waals surface area contributed by atoms with E-state index in [4.69, 9.17) is 4.98 Å². The van der Waals surface area contributed by atoms with Gasteiger partial charge >= 0.3 is 5.97 Å². The van der Waals surface area contributed by atoms with Crippen LogP contribution in [0.1, 0.15) is 58.1 Å². The number of carbonyl (C=O) groups is 1. The third-order valence-electron chi connectivity index (χ3n) is 6.86. The summed E-state index contributed by atoms with van der Waals surface area (Å²) in [5.41, 5.74) is 5.00. The number of carboxylic acid groups (broad SMARTS) is 1. The number of unbranched alkanes of at least 4 members (excludes halogenated alkanes) is 4. The van der Waals surface area contributed by atoms with Gasteiger partial charge in [-0.1, -0.05) is 105 Å². The highest BCUT2D eigenvalue weighted by Crippen LogP contribution is 2.33. The second kappa shape index (κ2) is 11.9. The number of hydrogen-bond donors (Lipinski definition) is 1. The van der Waals surface area contributed by atoms with Gasteiger partial charge in [-0.3, -0.25) is 9.36 Å². The lowest BCUT2D eigenvalue weighted by Gasteiger charge is -2.18. The maximum absolute atomic E-state index is 11.3. The first kappa shape index (κ1) is 25.4. The van der Waals surface area contributed by atoms with Crippen molar-refractivity contribution in [2.45, 2.75) is 58.8 Å². The minimum Gasteiger partial charge on any atom is -0.481 e. The Morgan fingerprint density at radius 1 is 0.750 bits per heavy atom. The Morgan fingerprint density at radius 2 is 1.28 bits per heavy atom. The predicted octanol–water partition coefficient (Wildman–Crippen LogP) is 8.20. The van der Waals surface area contributed by atoms with Crippen molar-refractivity contribution in [3.8, 4) is 28.3 Å². The highest BCUT2D eigenvalue weighted by molar-refractivity contribution is 5.73. The van der Waals surface area contributed by atoms with Crippen molar-refractivity contribution in [2.24, 2.45) is 5.41 Å². The summed E-state index contributed by atoms with van der Waals surface area (Å²) < 4.78 is 2.33. The number of nitrogens with zero attached hydrogens (tertiary/aromatic N) is 2. The molecular formula is C32H36N2O2. The summed E-state index contributed by atoms with van der Waals surface area (Å²) in [5.74, 6) is 0.255. The zero-order valence-corrected chi connectivity index (χ0v) is 21.4. The molecule has 0 bridgehead atoms. The third kappa shape index (κ3) is 6.12. The van der Waals surface area contributed by atoms with Crippen LogP contribution in [0, 0.1) is 5.41 Å². The maximum Gasteiger partial charge on any atom is 0.309 e. The van der Waals surface area contributed by atoms with E-state index in [9.17, 15) is 9.90 Å². The molecule has 0 amide bonds. The molecule has 0 saturated heterocycles. The second-order valence-corrected chi connectivity index (χ2v) is 10.1. The number of rotatable bonds is 12. The molecule has 36 heavy (non-hydrogen) atoms. The van der Waals surface area contributed by atoms with E-state index in [-0.39, 0.29) is 0 Å². The van der Waals surface area contributed by atoms with Crippen LogP contribution in [0.5, 0.6) is 0 Å². The fraction of sp³-hybridized carbons (Fsp3) is 0.312. The zero-order valence-electron chi connectivity index (χ0n) is 21.4. The molecule has 0 radical (unpaired) electrons. The maximum atomic E-state index is 11.3. The second-order valence-electron chi connectivity index (χ2n) is 10.1. The molecule has 4 heteroatoms. The molecule has 1 heterocycles. The molecule has 4 rings (SSSR count). The SMILES string of the molecule is CC(C)(CCCCCCCc1c(-c2ccccc2)nc(-c2ccccc2)n1-c1ccccc1)C(=O)O. The van der Waals surface area contributed by atoms with E-state index >= 15 is 0 Å². The van der Waals surface area contributed by atoms with E-state index in [0.717, 1.165) is 73.3 Å². The molecule has 0 aliphatic rings. The fourth-order valence-corrected chi connectivity index (χ4v) is 4.64. The minimum atomic E-state index is -0.709. The quantitative estimate of drug-likeness (QED) is 0.208. The van der Waals surface area contributed by atoms with Gasteiger partial charge in [-0.25, -0.2) is 4.98 Å². The molecule has 0 spiro atoms. The van der Waals surface area contributed by atoms with Gasteiger partial charge < -0.3 is 5.11 Å². The van der Waals surface area contributed by atoms with Crippen molar-refractivity contribution < 1.29 is 9.90 Å². The molecule has 0 saturated carbocycles.